The van der Waals surface area contributed by atoms with E-state index in [2.05, 4.69) is 49.1 Å². The minimum absolute atomic E-state index is 0.900. The van der Waals surface area contributed by atoms with E-state index < -0.39 is 0 Å². The lowest BCUT2D eigenvalue weighted by molar-refractivity contribution is 0.414. The average Bonchev–Trinajstić information content (AvgIpc) is 2.46. The van der Waals surface area contributed by atoms with Gasteiger partial charge in [-0.3, -0.25) is 0 Å². The van der Waals surface area contributed by atoms with Crippen LogP contribution < -0.4 is 4.74 Å². The molecule has 0 bridgehead atoms. The molecule has 0 amide bonds. The normalized spacial score (nSPS) is 10.3. The summed E-state index contributed by atoms with van der Waals surface area (Å²) in [6, 6.07) is 16.8. The molecule has 2 heteroatoms. The fourth-order valence-corrected chi connectivity index (χ4v) is 2.15. The van der Waals surface area contributed by atoms with Gasteiger partial charge in [-0.15, -0.1) is 11.8 Å². The quantitative estimate of drug-likeness (QED) is 0.742. The largest absolute Gasteiger partial charge is 0.497 e. The van der Waals surface area contributed by atoms with Gasteiger partial charge in [0, 0.05) is 4.90 Å². The van der Waals surface area contributed by atoms with E-state index in [1.54, 1.807) is 18.9 Å². The lowest BCUT2D eigenvalue weighted by atomic mass is 10.0. The molecule has 0 fully saturated rings. The number of thioether (sulfide) groups is 1. The Hall–Kier alpha value is -1.41. The van der Waals surface area contributed by atoms with Crippen LogP contribution in [0.5, 0.6) is 5.75 Å². The molecule has 0 saturated heterocycles. The highest BCUT2D eigenvalue weighted by Gasteiger charge is 1.98. The van der Waals surface area contributed by atoms with Crippen LogP contribution in [-0.2, 0) is 6.42 Å². The van der Waals surface area contributed by atoms with Crippen molar-refractivity contribution < 1.29 is 4.74 Å². The van der Waals surface area contributed by atoms with E-state index in [0.29, 0.717) is 0 Å². The second-order valence-corrected chi connectivity index (χ2v) is 4.91. The zero-order valence-corrected chi connectivity index (χ0v) is 11.5. The Morgan fingerprint density at radius 1 is 1.00 bits per heavy atom. The lowest BCUT2D eigenvalue weighted by Gasteiger charge is -2.04. The Bertz CT molecular complexity index is 426. The van der Waals surface area contributed by atoms with E-state index in [9.17, 15) is 0 Å². The van der Waals surface area contributed by atoms with E-state index >= 15 is 0 Å². The zero-order valence-electron chi connectivity index (χ0n) is 10.7. The fourth-order valence-electron chi connectivity index (χ4n) is 1.74. The lowest BCUT2D eigenvalue weighted by Crippen LogP contribution is -1.89. The highest BCUT2D eigenvalue weighted by molar-refractivity contribution is 7.98. The Labute approximate surface area is 113 Å². The van der Waals surface area contributed by atoms with Gasteiger partial charge in [0.25, 0.3) is 0 Å². The van der Waals surface area contributed by atoms with Gasteiger partial charge >= 0.3 is 0 Å². The molecule has 0 aliphatic heterocycles. The topological polar surface area (TPSA) is 9.23 Å². The zero-order chi connectivity index (χ0) is 12.8. The second-order valence-electron chi connectivity index (χ2n) is 4.03. The molecule has 0 spiro atoms. The average molecular weight is 257 g/mol. The Morgan fingerprint density at radius 2 is 1.67 bits per heavy atom. The molecule has 2 aromatic rings. The molecule has 18 heavy (non-hydrogen) atoms. The highest BCUT2D eigenvalue weighted by Crippen LogP contribution is 2.17. The first-order valence-electron chi connectivity index (χ1n) is 5.92. The summed E-state index contributed by atoms with van der Waals surface area (Å²) in [5.74, 6) is 0.900. The monoisotopic (exact) mass is 257 g/mol. The van der Waals surface area contributed by atoms with Crippen LogP contribution in [0.4, 0.5) is 0 Å². The van der Waals surface area contributed by atoms with Gasteiger partial charge in [-0.2, -0.15) is 0 Å². The first-order chi connectivity index (χ1) is 8.81. The van der Waals surface area contributed by atoms with Crippen LogP contribution in [0, 0.1) is 6.42 Å². The number of methoxy groups -OCH3 is 1. The summed E-state index contributed by atoms with van der Waals surface area (Å²) in [5, 5.41) is 0. The van der Waals surface area contributed by atoms with Gasteiger partial charge < -0.3 is 4.74 Å². The fraction of sp³-hybridized carbons (Fsp3) is 0.188. The van der Waals surface area contributed by atoms with Crippen molar-refractivity contribution in [2.45, 2.75) is 11.3 Å². The molecule has 2 aromatic carbocycles. The predicted molar refractivity (Wildman–Crippen MR) is 78.3 cm³/mol. The van der Waals surface area contributed by atoms with E-state index in [0.717, 1.165) is 12.2 Å². The highest BCUT2D eigenvalue weighted by atomic mass is 32.2. The van der Waals surface area contributed by atoms with Crippen LogP contribution >= 0.6 is 11.8 Å². The van der Waals surface area contributed by atoms with Crippen molar-refractivity contribution in [3.63, 3.8) is 0 Å². The minimum Gasteiger partial charge on any atom is -0.497 e. The summed E-state index contributed by atoms with van der Waals surface area (Å²) < 4.78 is 5.14. The number of hydrogen-bond acceptors (Lipinski definition) is 2. The van der Waals surface area contributed by atoms with Gasteiger partial charge in [0.2, 0.25) is 0 Å². The first kappa shape index (κ1) is 13.0. The van der Waals surface area contributed by atoms with Gasteiger partial charge in [0.1, 0.15) is 5.75 Å². The summed E-state index contributed by atoms with van der Waals surface area (Å²) in [5.41, 5.74) is 2.56. The maximum Gasteiger partial charge on any atom is 0.118 e. The Kier molecular flexibility index (Phi) is 4.71. The molecule has 1 radical (unpaired) electrons. The summed E-state index contributed by atoms with van der Waals surface area (Å²) in [4.78, 5) is 1.31. The first-order valence-corrected chi connectivity index (χ1v) is 7.14. The summed E-state index contributed by atoms with van der Waals surface area (Å²) in [6.07, 6.45) is 5.28. The van der Waals surface area contributed by atoms with Crippen molar-refractivity contribution in [3.05, 3.63) is 66.1 Å². The van der Waals surface area contributed by atoms with Crippen LogP contribution in [0.15, 0.2) is 53.4 Å². The molecule has 2 rings (SSSR count). The van der Waals surface area contributed by atoms with E-state index in [-0.39, 0.29) is 0 Å². The minimum atomic E-state index is 0.900. The molecular formula is C16H17OS. The van der Waals surface area contributed by atoms with Crippen molar-refractivity contribution in [3.8, 4) is 5.75 Å². The smallest absolute Gasteiger partial charge is 0.118 e. The maximum atomic E-state index is 5.14. The molecule has 93 valence electrons. The van der Waals surface area contributed by atoms with Gasteiger partial charge in [-0.25, -0.2) is 0 Å². The van der Waals surface area contributed by atoms with Crippen molar-refractivity contribution in [1.82, 2.24) is 0 Å². The molecule has 0 aliphatic rings. The molecular weight excluding hydrogens is 240 g/mol. The molecule has 0 saturated carbocycles. The maximum absolute atomic E-state index is 5.14. The number of hydrogen-bond donors (Lipinski definition) is 0. The van der Waals surface area contributed by atoms with Gasteiger partial charge in [0.05, 0.1) is 7.11 Å². The standard InChI is InChI=1S/C16H17OS/c1-17-15-9-5-13(6-10-15)3-4-14-7-11-16(18-2)12-8-14/h3,5-12H,4H2,1-2H3. The van der Waals surface area contributed by atoms with Crippen LogP contribution in [0.1, 0.15) is 11.1 Å². The molecule has 0 aliphatic carbocycles. The SMILES string of the molecule is COc1ccc([CH]Cc2ccc(SC)cc2)cc1. The molecule has 0 atom stereocenters. The van der Waals surface area contributed by atoms with Crippen molar-refractivity contribution >= 4 is 11.8 Å². The molecule has 0 N–H and O–H groups in total. The van der Waals surface area contributed by atoms with Crippen LogP contribution in [0.25, 0.3) is 0 Å². The summed E-state index contributed by atoms with van der Waals surface area (Å²) in [7, 11) is 1.69. The van der Waals surface area contributed by atoms with Gasteiger partial charge in [-0.05, 0) is 54.5 Å². The third-order valence-electron chi connectivity index (χ3n) is 2.85. The van der Waals surface area contributed by atoms with E-state index in [1.807, 2.05) is 12.1 Å². The van der Waals surface area contributed by atoms with E-state index in [1.165, 1.54) is 16.0 Å². The van der Waals surface area contributed by atoms with Crippen molar-refractivity contribution in [1.29, 1.82) is 0 Å². The predicted octanol–water partition coefficient (Wildman–Crippen LogP) is 4.21. The molecule has 0 aromatic heterocycles. The van der Waals surface area contributed by atoms with Gasteiger partial charge in [-0.1, -0.05) is 24.3 Å². The molecule has 1 nitrogen and oxygen atoms in total. The summed E-state index contributed by atoms with van der Waals surface area (Å²) in [6.45, 7) is 0. The van der Waals surface area contributed by atoms with E-state index in [4.69, 9.17) is 4.74 Å². The number of rotatable bonds is 5. The van der Waals surface area contributed by atoms with Crippen molar-refractivity contribution in [2.24, 2.45) is 0 Å². The molecule has 0 heterocycles. The third-order valence-corrected chi connectivity index (χ3v) is 3.59. The van der Waals surface area contributed by atoms with Crippen LogP contribution in [0.3, 0.4) is 0 Å². The number of ether oxygens (including phenoxy) is 1. The third kappa shape index (κ3) is 3.54. The Morgan fingerprint density at radius 3 is 2.22 bits per heavy atom. The summed E-state index contributed by atoms with van der Waals surface area (Å²) >= 11 is 1.77. The van der Waals surface area contributed by atoms with Crippen LogP contribution in [-0.4, -0.2) is 13.4 Å². The van der Waals surface area contributed by atoms with Crippen molar-refractivity contribution in [2.75, 3.05) is 13.4 Å². The van der Waals surface area contributed by atoms with Crippen LogP contribution in [0.2, 0.25) is 0 Å². The second kappa shape index (κ2) is 6.50. The molecule has 0 unspecified atom stereocenters. The Balaban J connectivity index is 1.93. The van der Waals surface area contributed by atoms with Gasteiger partial charge in [0.15, 0.2) is 0 Å². The number of benzene rings is 2.